The van der Waals surface area contributed by atoms with E-state index < -0.39 is 34.4 Å². The summed E-state index contributed by atoms with van der Waals surface area (Å²) in [6.45, 7) is 0.513. The maximum Gasteiger partial charge on any atom is 0.338 e. The zero-order chi connectivity index (χ0) is 29.7. The Morgan fingerprint density at radius 2 is 1.31 bits per heavy atom. The van der Waals surface area contributed by atoms with Crippen molar-refractivity contribution in [1.29, 1.82) is 0 Å². The van der Waals surface area contributed by atoms with Crippen LogP contribution >= 0.6 is 0 Å². The standard InChI is InChI=1S/C31H24N4O6S/c1-20(36)35-42(39,40)25-15-13-24(14-16-25)32-28(37)19-41-31(38)23-12-17-26-27(18-23)34-30(22-10-6-3-7-11-22)29(33-26)21-8-4-2-5-9-21/h2-18H,19H2,1H3,(H,32,37)(H,35,36). The van der Waals surface area contributed by atoms with Crippen molar-refractivity contribution < 1.29 is 27.5 Å². The molecule has 1 aromatic heterocycles. The van der Waals surface area contributed by atoms with Crippen molar-refractivity contribution >= 4 is 44.5 Å². The van der Waals surface area contributed by atoms with Crippen LogP contribution in [-0.4, -0.2) is 42.8 Å². The molecule has 0 unspecified atom stereocenters. The second kappa shape index (κ2) is 12.0. The van der Waals surface area contributed by atoms with Crippen LogP contribution < -0.4 is 10.0 Å². The molecule has 210 valence electrons. The van der Waals surface area contributed by atoms with E-state index in [1.54, 1.807) is 18.2 Å². The quantitative estimate of drug-likeness (QED) is 0.254. The maximum absolute atomic E-state index is 12.8. The van der Waals surface area contributed by atoms with Crippen molar-refractivity contribution in [3.8, 4) is 22.5 Å². The second-order valence-corrected chi connectivity index (χ2v) is 10.8. The number of hydrogen-bond donors (Lipinski definition) is 2. The highest BCUT2D eigenvalue weighted by Crippen LogP contribution is 2.31. The van der Waals surface area contributed by atoms with Gasteiger partial charge in [0.2, 0.25) is 5.91 Å². The first-order chi connectivity index (χ1) is 20.2. The van der Waals surface area contributed by atoms with Crippen LogP contribution in [0.2, 0.25) is 0 Å². The topological polar surface area (TPSA) is 144 Å². The first-order valence-electron chi connectivity index (χ1n) is 12.7. The Bertz CT molecular complexity index is 1900. The van der Waals surface area contributed by atoms with E-state index in [2.05, 4.69) is 5.32 Å². The van der Waals surface area contributed by atoms with E-state index in [0.29, 0.717) is 22.4 Å². The average Bonchev–Trinajstić information content (AvgIpc) is 2.99. The number of carbonyl (C=O) groups is 3. The molecule has 0 radical (unpaired) electrons. The zero-order valence-corrected chi connectivity index (χ0v) is 23.1. The molecule has 0 aliphatic rings. The molecule has 10 nitrogen and oxygen atoms in total. The Labute approximate surface area is 241 Å². The van der Waals surface area contributed by atoms with Gasteiger partial charge in [-0.25, -0.2) is 27.9 Å². The van der Waals surface area contributed by atoms with E-state index in [4.69, 9.17) is 14.7 Å². The third-order valence-electron chi connectivity index (χ3n) is 6.06. The predicted octanol–water partition coefficient (Wildman–Crippen LogP) is 4.58. The van der Waals surface area contributed by atoms with Gasteiger partial charge in [0.1, 0.15) is 0 Å². The summed E-state index contributed by atoms with van der Waals surface area (Å²) >= 11 is 0. The van der Waals surface area contributed by atoms with Gasteiger partial charge < -0.3 is 10.1 Å². The van der Waals surface area contributed by atoms with E-state index in [1.807, 2.05) is 65.4 Å². The monoisotopic (exact) mass is 580 g/mol. The molecule has 42 heavy (non-hydrogen) atoms. The molecule has 0 fully saturated rings. The van der Waals surface area contributed by atoms with Crippen LogP contribution in [0.15, 0.2) is 108 Å². The number of anilines is 1. The number of ether oxygens (including phenoxy) is 1. The molecule has 11 heteroatoms. The fraction of sp³-hybridized carbons (Fsp3) is 0.0645. The SMILES string of the molecule is CC(=O)NS(=O)(=O)c1ccc(NC(=O)COC(=O)c2ccc3nc(-c4ccccc4)c(-c4ccccc4)nc3c2)cc1. The van der Waals surface area contributed by atoms with Crippen molar-refractivity contribution in [2.75, 3.05) is 11.9 Å². The lowest BCUT2D eigenvalue weighted by Crippen LogP contribution is -2.28. The summed E-state index contributed by atoms with van der Waals surface area (Å²) in [6.07, 6.45) is 0. The zero-order valence-electron chi connectivity index (χ0n) is 22.3. The van der Waals surface area contributed by atoms with E-state index in [1.165, 1.54) is 24.3 Å². The van der Waals surface area contributed by atoms with Gasteiger partial charge in [-0.05, 0) is 42.5 Å². The summed E-state index contributed by atoms with van der Waals surface area (Å²) in [5, 5.41) is 2.52. The number of benzene rings is 4. The third kappa shape index (κ3) is 6.48. The van der Waals surface area contributed by atoms with Gasteiger partial charge >= 0.3 is 5.97 Å². The number of hydrogen-bond acceptors (Lipinski definition) is 8. The Balaban J connectivity index is 1.30. The molecule has 5 aromatic rings. The minimum absolute atomic E-state index is 0.146. The van der Waals surface area contributed by atoms with Gasteiger partial charge in [-0.3, -0.25) is 9.59 Å². The molecule has 5 rings (SSSR count). The number of aromatic nitrogens is 2. The van der Waals surface area contributed by atoms with Gasteiger partial charge in [-0.2, -0.15) is 0 Å². The number of esters is 1. The Morgan fingerprint density at radius 1 is 0.738 bits per heavy atom. The molecule has 0 bridgehead atoms. The first-order valence-corrected chi connectivity index (χ1v) is 14.2. The van der Waals surface area contributed by atoms with Crippen LogP contribution in [0.3, 0.4) is 0 Å². The van der Waals surface area contributed by atoms with Crippen molar-refractivity contribution in [3.63, 3.8) is 0 Å². The van der Waals surface area contributed by atoms with Crippen LogP contribution in [0, 0.1) is 0 Å². The van der Waals surface area contributed by atoms with Crippen molar-refractivity contribution in [2.45, 2.75) is 11.8 Å². The van der Waals surface area contributed by atoms with Crippen molar-refractivity contribution in [3.05, 3.63) is 109 Å². The number of carbonyl (C=O) groups excluding carboxylic acids is 3. The Kier molecular flexibility index (Phi) is 8.02. The molecule has 4 aromatic carbocycles. The number of rotatable bonds is 8. The molecule has 0 saturated carbocycles. The second-order valence-electron chi connectivity index (χ2n) is 9.17. The van der Waals surface area contributed by atoms with Gasteiger partial charge in [0, 0.05) is 23.7 Å². The molecule has 0 aliphatic heterocycles. The normalized spacial score (nSPS) is 11.1. The predicted molar refractivity (Wildman–Crippen MR) is 157 cm³/mol. The Morgan fingerprint density at radius 3 is 1.88 bits per heavy atom. The van der Waals surface area contributed by atoms with Crippen LogP contribution in [0.1, 0.15) is 17.3 Å². The Hall–Kier alpha value is -5.42. The van der Waals surface area contributed by atoms with Crippen LogP contribution in [-0.2, 0) is 24.3 Å². The first kappa shape index (κ1) is 28.1. The van der Waals surface area contributed by atoms with Crippen LogP contribution in [0.5, 0.6) is 0 Å². The van der Waals surface area contributed by atoms with Gasteiger partial charge in [0.05, 0.1) is 32.9 Å². The summed E-state index contributed by atoms with van der Waals surface area (Å²) in [6, 6.07) is 29.3. The summed E-state index contributed by atoms with van der Waals surface area (Å²) in [4.78, 5) is 45.8. The summed E-state index contributed by atoms with van der Waals surface area (Å²) in [5.74, 6) is -2.07. The third-order valence-corrected chi connectivity index (χ3v) is 7.50. The molecular weight excluding hydrogens is 556 g/mol. The van der Waals surface area contributed by atoms with Crippen molar-refractivity contribution in [2.24, 2.45) is 0 Å². The number of fused-ring (bicyclic) bond motifs is 1. The van der Waals surface area contributed by atoms with Gasteiger partial charge in [-0.1, -0.05) is 60.7 Å². The summed E-state index contributed by atoms with van der Waals surface area (Å²) < 4.78 is 31.2. The molecule has 1 heterocycles. The number of nitrogens with zero attached hydrogens (tertiary/aromatic N) is 2. The highest BCUT2D eigenvalue weighted by atomic mass is 32.2. The largest absolute Gasteiger partial charge is 0.452 e. The minimum atomic E-state index is -4.00. The van der Waals surface area contributed by atoms with Gasteiger partial charge in [0.15, 0.2) is 6.61 Å². The highest BCUT2D eigenvalue weighted by Gasteiger charge is 2.17. The van der Waals surface area contributed by atoms with Crippen molar-refractivity contribution in [1.82, 2.24) is 14.7 Å². The lowest BCUT2D eigenvalue weighted by Gasteiger charge is -2.11. The average molecular weight is 581 g/mol. The smallest absolute Gasteiger partial charge is 0.338 e. The highest BCUT2D eigenvalue weighted by molar-refractivity contribution is 7.90. The van der Waals surface area contributed by atoms with Crippen LogP contribution in [0.25, 0.3) is 33.5 Å². The molecular formula is C31H24N4O6S. The molecule has 0 saturated heterocycles. The van der Waals surface area contributed by atoms with E-state index in [0.717, 1.165) is 18.1 Å². The van der Waals surface area contributed by atoms with Crippen LogP contribution in [0.4, 0.5) is 5.69 Å². The fourth-order valence-corrected chi connectivity index (χ4v) is 5.14. The maximum atomic E-state index is 12.8. The lowest BCUT2D eigenvalue weighted by atomic mass is 10.0. The van der Waals surface area contributed by atoms with E-state index >= 15 is 0 Å². The molecule has 0 aliphatic carbocycles. The van der Waals surface area contributed by atoms with E-state index in [9.17, 15) is 22.8 Å². The molecule has 2 N–H and O–H groups in total. The number of sulfonamides is 1. The lowest BCUT2D eigenvalue weighted by molar-refractivity contribution is -0.119. The molecule has 0 atom stereocenters. The fourth-order valence-electron chi connectivity index (χ4n) is 4.15. The summed E-state index contributed by atoms with van der Waals surface area (Å²) in [7, 11) is -4.00. The number of amides is 2. The number of nitrogens with one attached hydrogen (secondary N) is 2. The molecule has 2 amide bonds. The minimum Gasteiger partial charge on any atom is -0.452 e. The van der Waals surface area contributed by atoms with E-state index in [-0.39, 0.29) is 16.1 Å². The summed E-state index contributed by atoms with van der Waals surface area (Å²) in [5.41, 5.74) is 4.70. The van der Waals surface area contributed by atoms with Gasteiger partial charge in [0.25, 0.3) is 15.9 Å². The van der Waals surface area contributed by atoms with Gasteiger partial charge in [-0.15, -0.1) is 0 Å². The molecule has 0 spiro atoms.